The zero-order valence-corrected chi connectivity index (χ0v) is 17.5. The van der Waals surface area contributed by atoms with Crippen LogP contribution >= 0.6 is 0 Å². The molecule has 0 bridgehead atoms. The molecule has 0 fully saturated rings. The molecule has 0 saturated heterocycles. The van der Waals surface area contributed by atoms with Crippen molar-refractivity contribution in [2.75, 3.05) is 25.5 Å². The summed E-state index contributed by atoms with van der Waals surface area (Å²) in [6.07, 6.45) is 0.206. The van der Waals surface area contributed by atoms with Crippen LogP contribution in [0, 0.1) is 12.3 Å². The first-order valence-corrected chi connectivity index (χ1v) is 10.3. The van der Waals surface area contributed by atoms with Crippen LogP contribution in [0.3, 0.4) is 0 Å². The molecule has 0 atom stereocenters. The fourth-order valence-electron chi connectivity index (χ4n) is 2.46. The van der Waals surface area contributed by atoms with Crippen molar-refractivity contribution in [3.63, 3.8) is 0 Å². The second kappa shape index (κ2) is 10.2. The minimum absolute atomic E-state index is 0.0255. The van der Waals surface area contributed by atoms with Gasteiger partial charge in [0.25, 0.3) is 5.91 Å². The molecule has 0 unspecified atom stereocenters. The molecule has 0 aromatic heterocycles. The van der Waals surface area contributed by atoms with E-state index in [-0.39, 0.29) is 22.7 Å². The number of hydrogen-bond acceptors (Lipinski definition) is 5. The van der Waals surface area contributed by atoms with Gasteiger partial charge in [-0.3, -0.25) is 9.59 Å². The Morgan fingerprint density at radius 3 is 2.41 bits per heavy atom. The van der Waals surface area contributed by atoms with E-state index in [1.54, 1.807) is 0 Å². The van der Waals surface area contributed by atoms with E-state index in [1.165, 1.54) is 37.4 Å². The zero-order chi connectivity index (χ0) is 23.9. The highest BCUT2D eigenvalue weighted by atomic mass is 32.2. The second-order valence-electron chi connectivity index (χ2n) is 6.34. The van der Waals surface area contributed by atoms with E-state index in [0.29, 0.717) is 0 Å². The SMILES string of the molecule is C#CCNS(=O)(=O)c1cccc(C(=O)N(C)CC(=O)Nc2ccc(OC(F)(F)F)cc2)c1. The fourth-order valence-corrected chi connectivity index (χ4v) is 3.44. The van der Waals surface area contributed by atoms with E-state index in [1.807, 2.05) is 0 Å². The largest absolute Gasteiger partial charge is 0.573 e. The van der Waals surface area contributed by atoms with Crippen LogP contribution in [0.25, 0.3) is 0 Å². The Morgan fingerprint density at radius 2 is 1.81 bits per heavy atom. The second-order valence-corrected chi connectivity index (χ2v) is 8.11. The Balaban J connectivity index is 2.01. The number of alkyl halides is 3. The van der Waals surface area contributed by atoms with Gasteiger partial charge in [-0.05, 0) is 42.5 Å². The third-order valence-corrected chi connectivity index (χ3v) is 5.25. The van der Waals surface area contributed by atoms with Gasteiger partial charge in [0.2, 0.25) is 15.9 Å². The lowest BCUT2D eigenvalue weighted by atomic mass is 10.2. The van der Waals surface area contributed by atoms with Crippen molar-refractivity contribution in [2.45, 2.75) is 11.3 Å². The fraction of sp³-hybridized carbons (Fsp3) is 0.200. The summed E-state index contributed by atoms with van der Waals surface area (Å²) >= 11 is 0. The summed E-state index contributed by atoms with van der Waals surface area (Å²) in [6.45, 7) is -0.615. The maximum absolute atomic E-state index is 12.6. The topological polar surface area (TPSA) is 105 Å². The third kappa shape index (κ3) is 7.29. The van der Waals surface area contributed by atoms with Gasteiger partial charge >= 0.3 is 6.36 Å². The number of ether oxygens (including phenoxy) is 1. The average Bonchev–Trinajstić information content (AvgIpc) is 2.72. The normalized spacial score (nSPS) is 11.3. The molecular formula is C20H18F3N3O5S. The molecule has 0 aliphatic heterocycles. The van der Waals surface area contributed by atoms with Crippen LogP contribution in [0.4, 0.5) is 18.9 Å². The Bertz CT molecular complexity index is 1130. The van der Waals surface area contributed by atoms with Crippen LogP contribution in [-0.2, 0) is 14.8 Å². The quantitative estimate of drug-likeness (QED) is 0.577. The molecule has 0 saturated carbocycles. The van der Waals surface area contributed by atoms with Crippen molar-refractivity contribution in [1.82, 2.24) is 9.62 Å². The molecule has 2 aromatic rings. The number of hydrogen-bond donors (Lipinski definition) is 2. The first-order valence-electron chi connectivity index (χ1n) is 8.85. The summed E-state index contributed by atoms with van der Waals surface area (Å²) in [5, 5.41) is 2.43. The van der Waals surface area contributed by atoms with Crippen molar-refractivity contribution < 1.29 is 35.9 Å². The van der Waals surface area contributed by atoms with Crippen molar-refractivity contribution >= 4 is 27.5 Å². The van der Waals surface area contributed by atoms with Gasteiger partial charge < -0.3 is 15.0 Å². The molecule has 170 valence electrons. The van der Waals surface area contributed by atoms with Crippen LogP contribution in [-0.4, -0.2) is 51.6 Å². The molecule has 0 aliphatic carbocycles. The summed E-state index contributed by atoms with van der Waals surface area (Å²) in [6, 6.07) is 9.66. The summed E-state index contributed by atoms with van der Waals surface area (Å²) in [5.74, 6) is 0.444. The number of halogens is 3. The van der Waals surface area contributed by atoms with Gasteiger partial charge in [0, 0.05) is 18.3 Å². The Labute approximate surface area is 182 Å². The molecule has 8 nitrogen and oxygen atoms in total. The number of rotatable bonds is 8. The van der Waals surface area contributed by atoms with E-state index in [9.17, 15) is 31.2 Å². The summed E-state index contributed by atoms with van der Waals surface area (Å²) in [7, 11) is -2.57. The number of carbonyl (C=O) groups excluding carboxylic acids is 2. The third-order valence-electron chi connectivity index (χ3n) is 3.85. The van der Waals surface area contributed by atoms with Gasteiger partial charge in [0.15, 0.2) is 0 Å². The molecule has 0 heterocycles. The van der Waals surface area contributed by atoms with E-state index < -0.39 is 40.5 Å². The van der Waals surface area contributed by atoms with Gasteiger partial charge in [0.05, 0.1) is 18.0 Å². The first kappa shape index (κ1) is 24.7. The van der Waals surface area contributed by atoms with Gasteiger partial charge in [-0.1, -0.05) is 12.0 Å². The number of nitrogens with zero attached hydrogens (tertiary/aromatic N) is 1. The van der Waals surface area contributed by atoms with Crippen molar-refractivity contribution in [1.29, 1.82) is 0 Å². The highest BCUT2D eigenvalue weighted by Crippen LogP contribution is 2.24. The van der Waals surface area contributed by atoms with Crippen LogP contribution in [0.1, 0.15) is 10.4 Å². The van der Waals surface area contributed by atoms with Gasteiger partial charge in [0.1, 0.15) is 5.75 Å². The lowest BCUT2D eigenvalue weighted by Gasteiger charge is -2.17. The number of carbonyl (C=O) groups is 2. The number of anilines is 1. The van der Waals surface area contributed by atoms with Gasteiger partial charge in [-0.15, -0.1) is 19.6 Å². The molecule has 2 rings (SSSR count). The van der Waals surface area contributed by atoms with Crippen LogP contribution in [0.5, 0.6) is 5.75 Å². The average molecular weight is 469 g/mol. The van der Waals surface area contributed by atoms with E-state index in [2.05, 4.69) is 20.7 Å². The van der Waals surface area contributed by atoms with E-state index in [4.69, 9.17) is 6.42 Å². The maximum Gasteiger partial charge on any atom is 0.573 e. The van der Waals surface area contributed by atoms with Crippen molar-refractivity contribution in [3.8, 4) is 18.1 Å². The van der Waals surface area contributed by atoms with Crippen molar-refractivity contribution in [2.24, 2.45) is 0 Å². The number of likely N-dealkylation sites (N-methyl/N-ethyl adjacent to an activating group) is 1. The highest BCUT2D eigenvalue weighted by Gasteiger charge is 2.31. The summed E-state index contributed by atoms with van der Waals surface area (Å²) in [5.41, 5.74) is 0.218. The smallest absolute Gasteiger partial charge is 0.406 e. The number of terminal acetylenes is 1. The lowest BCUT2D eigenvalue weighted by Crippen LogP contribution is -2.35. The molecule has 2 N–H and O–H groups in total. The predicted octanol–water partition coefficient (Wildman–Crippen LogP) is 2.21. The molecule has 32 heavy (non-hydrogen) atoms. The minimum Gasteiger partial charge on any atom is -0.406 e. The standard InChI is InChI=1S/C20H18F3N3O5S/c1-3-11-24-32(29,30)17-6-4-5-14(12-17)19(28)26(2)13-18(27)25-15-7-9-16(10-8-15)31-20(21,22)23/h1,4-10,12,24H,11,13H2,2H3,(H,25,27). The number of nitrogens with one attached hydrogen (secondary N) is 2. The molecule has 0 aliphatic rings. The first-order chi connectivity index (χ1) is 14.9. The van der Waals surface area contributed by atoms with Crippen molar-refractivity contribution in [3.05, 3.63) is 54.1 Å². The molecule has 12 heteroatoms. The lowest BCUT2D eigenvalue weighted by molar-refractivity contribution is -0.274. The number of benzene rings is 2. The number of sulfonamides is 1. The Morgan fingerprint density at radius 1 is 1.16 bits per heavy atom. The predicted molar refractivity (Wildman–Crippen MR) is 109 cm³/mol. The molecule has 2 aromatic carbocycles. The highest BCUT2D eigenvalue weighted by molar-refractivity contribution is 7.89. The monoisotopic (exact) mass is 469 g/mol. The van der Waals surface area contributed by atoms with E-state index in [0.717, 1.165) is 23.1 Å². The Hall–Kier alpha value is -3.56. The Kier molecular flexibility index (Phi) is 7.85. The molecule has 0 spiro atoms. The minimum atomic E-state index is -4.83. The maximum atomic E-state index is 12.6. The summed E-state index contributed by atoms with van der Waals surface area (Å²) < 4.78 is 66.8. The van der Waals surface area contributed by atoms with Gasteiger partial charge in [-0.2, -0.15) is 4.72 Å². The van der Waals surface area contributed by atoms with Crippen LogP contribution < -0.4 is 14.8 Å². The molecular weight excluding hydrogens is 451 g/mol. The summed E-state index contributed by atoms with van der Waals surface area (Å²) in [4.78, 5) is 25.6. The zero-order valence-electron chi connectivity index (χ0n) is 16.6. The molecule has 2 amide bonds. The van der Waals surface area contributed by atoms with Crippen LogP contribution in [0.15, 0.2) is 53.4 Å². The number of amides is 2. The van der Waals surface area contributed by atoms with Gasteiger partial charge in [-0.25, -0.2) is 8.42 Å². The molecule has 0 radical (unpaired) electrons. The van der Waals surface area contributed by atoms with Crippen LogP contribution in [0.2, 0.25) is 0 Å². The van der Waals surface area contributed by atoms with E-state index >= 15 is 0 Å².